The predicted molar refractivity (Wildman–Crippen MR) is 114 cm³/mol. The van der Waals surface area contributed by atoms with Gasteiger partial charge in [0.05, 0.1) is 6.54 Å². The highest BCUT2D eigenvalue weighted by atomic mass is 127. The Hall–Kier alpha value is -0.510. The second-order valence-electron chi connectivity index (χ2n) is 6.39. The van der Waals surface area contributed by atoms with Crippen LogP contribution < -0.4 is 10.6 Å². The van der Waals surface area contributed by atoms with Gasteiger partial charge in [-0.1, -0.05) is 19.0 Å². The minimum atomic E-state index is 0. The van der Waals surface area contributed by atoms with Crippen LogP contribution in [0.4, 0.5) is 0 Å². The average Bonchev–Trinajstić information content (AvgIpc) is 2.98. The fourth-order valence-corrected chi connectivity index (χ4v) is 1.92. The first-order valence-corrected chi connectivity index (χ1v) is 9.50. The maximum Gasteiger partial charge on any atom is 0.226 e. The number of aryl methyl sites for hydroxylation is 1. The predicted octanol–water partition coefficient (Wildman–Crippen LogP) is 3.44. The van der Waals surface area contributed by atoms with Crippen LogP contribution in [0.3, 0.4) is 0 Å². The Balaban J connectivity index is 0.00000529. The number of halogens is 1. The van der Waals surface area contributed by atoms with Gasteiger partial charge in [0, 0.05) is 30.2 Å². The summed E-state index contributed by atoms with van der Waals surface area (Å²) in [6.07, 6.45) is 3.82. The molecule has 0 unspecified atom stereocenters. The third-order valence-corrected chi connectivity index (χ3v) is 4.61. The van der Waals surface area contributed by atoms with Gasteiger partial charge in [-0.25, -0.2) is 0 Å². The van der Waals surface area contributed by atoms with Crippen molar-refractivity contribution in [1.82, 2.24) is 20.8 Å². The molecule has 0 amide bonds. The van der Waals surface area contributed by atoms with E-state index in [0.29, 0.717) is 11.8 Å². The summed E-state index contributed by atoms with van der Waals surface area (Å²) in [7, 11) is 0. The molecule has 0 aromatic carbocycles. The number of nitrogens with zero attached hydrogens (tertiary/aromatic N) is 3. The van der Waals surface area contributed by atoms with Crippen LogP contribution >= 0.6 is 35.7 Å². The molecule has 2 N–H and O–H groups in total. The monoisotopic (exact) mass is 469 g/mol. The maximum absolute atomic E-state index is 5.25. The van der Waals surface area contributed by atoms with Crippen LogP contribution in [0.25, 0.3) is 0 Å². The van der Waals surface area contributed by atoms with Gasteiger partial charge in [0.2, 0.25) is 5.89 Å². The summed E-state index contributed by atoms with van der Waals surface area (Å²) in [6, 6.07) is 0. The van der Waals surface area contributed by atoms with Crippen LogP contribution in [0, 0.1) is 0 Å². The van der Waals surface area contributed by atoms with Gasteiger partial charge in [-0.05, 0) is 33.4 Å². The van der Waals surface area contributed by atoms with Crippen molar-refractivity contribution in [3.63, 3.8) is 0 Å². The largest absolute Gasteiger partial charge is 0.357 e. The summed E-state index contributed by atoms with van der Waals surface area (Å²) in [5.41, 5.74) is 0. The van der Waals surface area contributed by atoms with Gasteiger partial charge in [-0.3, -0.25) is 4.99 Å². The summed E-state index contributed by atoms with van der Waals surface area (Å²) < 4.78 is 5.40. The van der Waals surface area contributed by atoms with Gasteiger partial charge >= 0.3 is 0 Å². The number of aliphatic imine (C=N–C) groups is 1. The Morgan fingerprint density at radius 3 is 2.58 bits per heavy atom. The fraction of sp³-hybridized carbons (Fsp3) is 0.812. The summed E-state index contributed by atoms with van der Waals surface area (Å²) in [6.45, 7) is 13.1. The summed E-state index contributed by atoms with van der Waals surface area (Å²) in [4.78, 5) is 9.04. The fourth-order valence-electron chi connectivity index (χ4n) is 1.73. The molecule has 6 nitrogen and oxygen atoms in total. The van der Waals surface area contributed by atoms with E-state index in [2.05, 4.69) is 66.6 Å². The van der Waals surface area contributed by atoms with Gasteiger partial charge in [0.1, 0.15) is 0 Å². The first kappa shape index (κ1) is 23.5. The SMILES string of the molecule is CCNC(=NCC(C)(C)SC)NCCCc1nc(C(C)C)no1.I. The van der Waals surface area contributed by atoms with E-state index in [-0.39, 0.29) is 28.7 Å². The molecule has 0 saturated heterocycles. The molecule has 0 bridgehead atoms. The van der Waals surface area contributed by atoms with Crippen LogP contribution in [0.15, 0.2) is 9.52 Å². The van der Waals surface area contributed by atoms with Crippen molar-refractivity contribution >= 4 is 41.7 Å². The number of hydrogen-bond acceptors (Lipinski definition) is 5. The third kappa shape index (κ3) is 9.10. The van der Waals surface area contributed by atoms with Gasteiger partial charge in [-0.2, -0.15) is 16.7 Å². The Bertz CT molecular complexity index is 491. The highest BCUT2D eigenvalue weighted by Crippen LogP contribution is 2.20. The van der Waals surface area contributed by atoms with E-state index in [1.807, 2.05) is 11.8 Å². The molecule has 1 aromatic rings. The molecule has 0 aliphatic carbocycles. The zero-order valence-electron chi connectivity index (χ0n) is 15.7. The topological polar surface area (TPSA) is 75.3 Å². The molecule has 0 fully saturated rings. The van der Waals surface area contributed by atoms with E-state index < -0.39 is 0 Å². The van der Waals surface area contributed by atoms with Crippen molar-refractivity contribution in [2.24, 2.45) is 4.99 Å². The Labute approximate surface area is 167 Å². The molecule has 0 aliphatic heterocycles. The van der Waals surface area contributed by atoms with Gasteiger partial charge in [-0.15, -0.1) is 24.0 Å². The molecular formula is C16H32IN5OS. The second-order valence-corrected chi connectivity index (χ2v) is 7.90. The second kappa shape index (κ2) is 11.9. The van der Waals surface area contributed by atoms with Crippen molar-refractivity contribution in [3.05, 3.63) is 11.7 Å². The lowest BCUT2D eigenvalue weighted by Crippen LogP contribution is -2.39. The Morgan fingerprint density at radius 2 is 2.04 bits per heavy atom. The first-order valence-electron chi connectivity index (χ1n) is 8.27. The maximum atomic E-state index is 5.25. The number of nitrogens with one attached hydrogen (secondary N) is 2. The van der Waals surface area contributed by atoms with E-state index in [1.165, 1.54) is 0 Å². The lowest BCUT2D eigenvalue weighted by Gasteiger charge is -2.20. The van der Waals surface area contributed by atoms with Crippen molar-refractivity contribution in [2.45, 2.75) is 58.1 Å². The van der Waals surface area contributed by atoms with Crippen LogP contribution in [0.2, 0.25) is 0 Å². The number of rotatable bonds is 9. The van der Waals surface area contributed by atoms with Gasteiger partial charge in [0.15, 0.2) is 11.8 Å². The van der Waals surface area contributed by atoms with Crippen LogP contribution in [0.1, 0.15) is 58.7 Å². The van der Waals surface area contributed by atoms with Crippen LogP contribution in [-0.2, 0) is 6.42 Å². The smallest absolute Gasteiger partial charge is 0.226 e. The zero-order chi connectivity index (χ0) is 17.3. The number of hydrogen-bond donors (Lipinski definition) is 2. The van der Waals surface area contributed by atoms with Crippen molar-refractivity contribution < 1.29 is 4.52 Å². The first-order chi connectivity index (χ1) is 10.9. The average molecular weight is 469 g/mol. The third-order valence-electron chi connectivity index (χ3n) is 3.37. The van der Waals surface area contributed by atoms with Gasteiger partial charge in [0.25, 0.3) is 0 Å². The molecule has 0 saturated carbocycles. The van der Waals surface area contributed by atoms with Crippen LogP contribution in [0.5, 0.6) is 0 Å². The number of aromatic nitrogens is 2. The van der Waals surface area contributed by atoms with E-state index in [0.717, 1.165) is 44.3 Å². The van der Waals surface area contributed by atoms with Crippen molar-refractivity contribution in [1.29, 1.82) is 0 Å². The molecule has 0 atom stereocenters. The molecule has 0 radical (unpaired) electrons. The molecule has 8 heteroatoms. The molecule has 140 valence electrons. The zero-order valence-corrected chi connectivity index (χ0v) is 18.8. The normalized spacial score (nSPS) is 12.2. The van der Waals surface area contributed by atoms with Gasteiger partial charge < -0.3 is 15.2 Å². The molecule has 1 aromatic heterocycles. The molecule has 1 rings (SSSR count). The molecular weight excluding hydrogens is 437 g/mol. The quantitative estimate of drug-likeness (QED) is 0.250. The number of thioether (sulfide) groups is 1. The Kier molecular flexibility index (Phi) is 11.7. The van der Waals surface area contributed by atoms with E-state index in [4.69, 9.17) is 4.52 Å². The molecule has 0 spiro atoms. The van der Waals surface area contributed by atoms with E-state index in [9.17, 15) is 0 Å². The minimum Gasteiger partial charge on any atom is -0.357 e. The Morgan fingerprint density at radius 1 is 1.33 bits per heavy atom. The summed E-state index contributed by atoms with van der Waals surface area (Å²) >= 11 is 1.83. The standard InChI is InChI=1S/C16H31N5OS.HI/c1-7-17-15(19-11-16(4,5)23-6)18-10-8-9-13-20-14(12(2)3)21-22-13;/h12H,7-11H2,1-6H3,(H2,17,18,19);1H. The lowest BCUT2D eigenvalue weighted by atomic mass is 10.2. The molecule has 24 heavy (non-hydrogen) atoms. The number of guanidine groups is 1. The van der Waals surface area contributed by atoms with Crippen LogP contribution in [-0.4, -0.2) is 46.7 Å². The molecule has 1 heterocycles. The highest BCUT2D eigenvalue weighted by molar-refractivity contribution is 14.0. The highest BCUT2D eigenvalue weighted by Gasteiger charge is 2.15. The molecule has 0 aliphatic rings. The summed E-state index contributed by atoms with van der Waals surface area (Å²) in [5, 5.41) is 10.6. The van der Waals surface area contributed by atoms with Crippen molar-refractivity contribution in [2.75, 3.05) is 25.9 Å². The van der Waals surface area contributed by atoms with E-state index >= 15 is 0 Å². The summed E-state index contributed by atoms with van der Waals surface area (Å²) in [5.74, 6) is 2.66. The van der Waals surface area contributed by atoms with E-state index in [1.54, 1.807) is 0 Å². The lowest BCUT2D eigenvalue weighted by molar-refractivity contribution is 0.368. The van der Waals surface area contributed by atoms with Crippen molar-refractivity contribution in [3.8, 4) is 0 Å². The minimum absolute atomic E-state index is 0.